The molecular formula is C15H12Cl2F3N3O2. The van der Waals surface area contributed by atoms with Crippen LogP contribution < -0.4 is 0 Å². The first-order chi connectivity index (χ1) is 11.7. The normalized spacial score (nSPS) is 18.6. The van der Waals surface area contributed by atoms with Crippen LogP contribution in [-0.2, 0) is 12.7 Å². The maximum Gasteiger partial charge on any atom is 0.437 e. The summed E-state index contributed by atoms with van der Waals surface area (Å²) < 4.78 is 40.8. The van der Waals surface area contributed by atoms with E-state index in [1.54, 1.807) is 12.2 Å². The lowest BCUT2D eigenvalue weighted by molar-refractivity contribution is -0.140. The summed E-state index contributed by atoms with van der Waals surface area (Å²) >= 11 is 12.3. The molecule has 3 rings (SSSR count). The zero-order valence-corrected chi connectivity index (χ0v) is 14.0. The molecule has 1 aliphatic carbocycles. The predicted molar refractivity (Wildman–Crippen MR) is 86.0 cm³/mol. The maximum absolute atomic E-state index is 13.2. The van der Waals surface area contributed by atoms with Gasteiger partial charge in [0.25, 0.3) is 0 Å². The number of pyridine rings is 1. The molecule has 0 aromatic carbocycles. The number of alkyl halides is 4. The van der Waals surface area contributed by atoms with Gasteiger partial charge in [0.1, 0.15) is 5.52 Å². The molecule has 25 heavy (non-hydrogen) atoms. The van der Waals surface area contributed by atoms with E-state index in [0.717, 1.165) is 10.9 Å². The van der Waals surface area contributed by atoms with Gasteiger partial charge in [-0.25, -0.2) is 0 Å². The summed E-state index contributed by atoms with van der Waals surface area (Å²) in [4.78, 5) is 3.70. The van der Waals surface area contributed by atoms with Gasteiger partial charge in [-0.3, -0.25) is 9.67 Å². The van der Waals surface area contributed by atoms with Crippen molar-refractivity contribution in [3.05, 3.63) is 46.3 Å². The summed E-state index contributed by atoms with van der Waals surface area (Å²) in [5.41, 5.74) is -1.05. The van der Waals surface area contributed by atoms with Gasteiger partial charge in [0, 0.05) is 16.8 Å². The highest BCUT2D eigenvalue weighted by molar-refractivity contribution is 6.33. The first-order valence-electron chi connectivity index (χ1n) is 7.17. The van der Waals surface area contributed by atoms with Crippen LogP contribution in [0, 0.1) is 0 Å². The fourth-order valence-corrected chi connectivity index (χ4v) is 3.17. The number of hydrogen-bond donors (Lipinski definition) is 2. The predicted octanol–water partition coefficient (Wildman–Crippen LogP) is 3.49. The van der Waals surface area contributed by atoms with Gasteiger partial charge in [-0.05, 0) is 24.1 Å². The van der Waals surface area contributed by atoms with Crippen LogP contribution in [0.15, 0.2) is 35.0 Å². The minimum absolute atomic E-state index is 0.00770. The van der Waals surface area contributed by atoms with Gasteiger partial charge in [-0.15, -0.1) is 11.6 Å². The third kappa shape index (κ3) is 3.52. The molecule has 0 fully saturated rings. The Balaban J connectivity index is 2.16. The van der Waals surface area contributed by atoms with Crippen LogP contribution in [0.3, 0.4) is 0 Å². The Hall–Kier alpha value is -1.61. The molecule has 134 valence electrons. The summed E-state index contributed by atoms with van der Waals surface area (Å²) in [6.45, 7) is -0.0728. The van der Waals surface area contributed by atoms with Crippen LogP contribution >= 0.6 is 23.2 Å². The van der Waals surface area contributed by atoms with Crippen LogP contribution in [-0.4, -0.2) is 30.4 Å². The number of rotatable bonds is 3. The van der Waals surface area contributed by atoms with E-state index in [1.807, 2.05) is 0 Å². The molecule has 2 aromatic heterocycles. The largest absolute Gasteiger partial charge is 0.437 e. The lowest BCUT2D eigenvalue weighted by atomic mass is 10.0. The van der Waals surface area contributed by atoms with Crippen molar-refractivity contribution in [1.29, 1.82) is 0 Å². The smallest absolute Gasteiger partial charge is 0.364 e. The number of allylic oxidation sites excluding steroid dienone is 4. The third-order valence-corrected chi connectivity index (χ3v) is 4.60. The minimum atomic E-state index is -4.71. The Morgan fingerprint density at radius 2 is 2.08 bits per heavy atom. The number of hydrogen-bond acceptors (Lipinski definition) is 4. The fourth-order valence-electron chi connectivity index (χ4n) is 2.55. The molecule has 0 saturated heterocycles. The van der Waals surface area contributed by atoms with E-state index in [0.29, 0.717) is 17.0 Å². The van der Waals surface area contributed by atoms with Crippen LogP contribution in [0.1, 0.15) is 24.0 Å². The van der Waals surface area contributed by atoms with E-state index in [2.05, 4.69) is 10.1 Å². The van der Waals surface area contributed by atoms with E-state index in [-0.39, 0.29) is 23.1 Å². The molecule has 0 aliphatic heterocycles. The molecule has 1 aliphatic rings. The van der Waals surface area contributed by atoms with Gasteiger partial charge < -0.3 is 10.2 Å². The second kappa shape index (κ2) is 6.60. The maximum atomic E-state index is 13.2. The molecule has 10 heteroatoms. The van der Waals surface area contributed by atoms with E-state index in [4.69, 9.17) is 23.2 Å². The first kappa shape index (κ1) is 18.2. The van der Waals surface area contributed by atoms with Crippen molar-refractivity contribution in [1.82, 2.24) is 14.8 Å². The number of halogens is 5. The molecule has 2 aromatic rings. The van der Waals surface area contributed by atoms with Gasteiger partial charge >= 0.3 is 6.18 Å². The van der Waals surface area contributed by atoms with E-state index < -0.39 is 23.5 Å². The molecular weight excluding hydrogens is 382 g/mol. The molecule has 0 radical (unpaired) electrons. The second-order valence-electron chi connectivity index (χ2n) is 5.49. The van der Waals surface area contributed by atoms with Gasteiger partial charge in [0.15, 0.2) is 12.0 Å². The Morgan fingerprint density at radius 1 is 1.36 bits per heavy atom. The number of aliphatic hydroxyl groups excluding tert-OH is 1. The Morgan fingerprint density at radius 3 is 2.68 bits per heavy atom. The SMILES string of the molecule is OC(O)c1cnc2c(C(F)(F)F)nn(CC3=C(Cl)C=CCC3Cl)c2c1. The highest BCUT2D eigenvalue weighted by atomic mass is 35.5. The molecule has 0 bridgehead atoms. The Bertz CT molecular complexity index is 875. The topological polar surface area (TPSA) is 71.2 Å². The molecule has 2 N–H and O–H groups in total. The summed E-state index contributed by atoms with van der Waals surface area (Å²) in [6, 6.07) is 1.20. The summed E-state index contributed by atoms with van der Waals surface area (Å²) in [6.07, 6.45) is -1.71. The van der Waals surface area contributed by atoms with Gasteiger partial charge in [0.2, 0.25) is 0 Å². The molecule has 1 unspecified atom stereocenters. The standard InChI is InChI=1S/C15H12Cl2F3N3O2/c16-9-2-1-3-10(17)8(9)6-23-11-4-7(14(24)25)5-21-12(11)13(22-23)15(18,19)20/h1-2,4-5,10,14,24-25H,3,6H2. The van der Waals surface area contributed by atoms with Crippen molar-refractivity contribution in [2.75, 3.05) is 0 Å². The molecule has 2 heterocycles. The lowest BCUT2D eigenvalue weighted by Gasteiger charge is -2.18. The van der Waals surface area contributed by atoms with E-state index in [9.17, 15) is 23.4 Å². The average molecular weight is 394 g/mol. The van der Waals surface area contributed by atoms with Gasteiger partial charge in [-0.1, -0.05) is 17.7 Å². The van der Waals surface area contributed by atoms with Crippen LogP contribution in [0.4, 0.5) is 13.2 Å². The summed E-state index contributed by atoms with van der Waals surface area (Å²) in [5, 5.41) is 22.0. The summed E-state index contributed by atoms with van der Waals surface area (Å²) in [7, 11) is 0. The molecule has 0 saturated carbocycles. The fraction of sp³-hybridized carbons (Fsp3) is 0.333. The van der Waals surface area contributed by atoms with Crippen LogP contribution in [0.25, 0.3) is 11.0 Å². The zero-order chi connectivity index (χ0) is 18.4. The number of nitrogens with zero attached hydrogens (tertiary/aromatic N) is 3. The second-order valence-corrected chi connectivity index (χ2v) is 6.43. The van der Waals surface area contributed by atoms with Crippen LogP contribution in [0.5, 0.6) is 0 Å². The zero-order valence-electron chi connectivity index (χ0n) is 12.5. The average Bonchev–Trinajstić information content (AvgIpc) is 2.89. The molecule has 1 atom stereocenters. The molecule has 5 nitrogen and oxygen atoms in total. The van der Waals surface area contributed by atoms with Crippen molar-refractivity contribution in [3.63, 3.8) is 0 Å². The Kier molecular flexibility index (Phi) is 4.80. The number of aromatic nitrogens is 3. The highest BCUT2D eigenvalue weighted by Crippen LogP contribution is 2.35. The highest BCUT2D eigenvalue weighted by Gasteiger charge is 2.38. The van der Waals surface area contributed by atoms with Crippen molar-refractivity contribution < 1.29 is 23.4 Å². The van der Waals surface area contributed by atoms with Crippen molar-refractivity contribution in [2.24, 2.45) is 0 Å². The van der Waals surface area contributed by atoms with Gasteiger partial charge in [0.05, 0.1) is 17.4 Å². The van der Waals surface area contributed by atoms with Crippen molar-refractivity contribution in [3.8, 4) is 0 Å². The van der Waals surface area contributed by atoms with Crippen molar-refractivity contribution >= 4 is 34.2 Å². The summed E-state index contributed by atoms with van der Waals surface area (Å²) in [5.74, 6) is 0. The Labute approximate surface area is 150 Å². The lowest BCUT2D eigenvalue weighted by Crippen LogP contribution is -2.15. The van der Waals surface area contributed by atoms with E-state index >= 15 is 0 Å². The van der Waals surface area contributed by atoms with Gasteiger partial charge in [-0.2, -0.15) is 18.3 Å². The number of fused-ring (bicyclic) bond motifs is 1. The van der Waals surface area contributed by atoms with Crippen molar-refractivity contribution in [2.45, 2.75) is 30.8 Å². The molecule has 0 spiro atoms. The third-order valence-electron chi connectivity index (χ3n) is 3.79. The van der Waals surface area contributed by atoms with E-state index in [1.165, 1.54) is 6.07 Å². The quantitative estimate of drug-likeness (QED) is 0.618. The van der Waals surface area contributed by atoms with Crippen LogP contribution in [0.2, 0.25) is 0 Å². The number of aliphatic hydroxyl groups is 2. The monoisotopic (exact) mass is 393 g/mol. The molecule has 0 amide bonds. The first-order valence-corrected chi connectivity index (χ1v) is 7.99. The minimum Gasteiger partial charge on any atom is -0.364 e.